The number of thiophene rings is 1. The first kappa shape index (κ1) is 30.0. The molecule has 252 valence electrons. The van der Waals surface area contributed by atoms with Crippen molar-refractivity contribution >= 4 is 102 Å². The van der Waals surface area contributed by atoms with Crippen LogP contribution in [0.25, 0.3) is 102 Å². The summed E-state index contributed by atoms with van der Waals surface area (Å²) in [6.45, 7) is 0. The van der Waals surface area contributed by atoms with Gasteiger partial charge in [-0.1, -0.05) is 140 Å². The maximum atomic E-state index is 6.29. The summed E-state index contributed by atoms with van der Waals surface area (Å²) in [5.74, 6) is 0.305. The van der Waals surface area contributed by atoms with Gasteiger partial charge in [0, 0.05) is 36.9 Å². The summed E-state index contributed by atoms with van der Waals surface area (Å²) in [5, 5.41) is 15.3. The Bertz CT molecular complexity index is 3360. The highest BCUT2D eigenvalue weighted by Gasteiger charge is 2.23. The molecular formula is C52H32OS. The van der Waals surface area contributed by atoms with E-state index in [-0.39, 0.29) is 0 Å². The third-order valence-corrected chi connectivity index (χ3v) is 12.9. The average Bonchev–Trinajstić information content (AvgIpc) is 3.79. The van der Waals surface area contributed by atoms with Crippen molar-refractivity contribution in [1.82, 2.24) is 0 Å². The first-order chi connectivity index (χ1) is 26.8. The van der Waals surface area contributed by atoms with Gasteiger partial charge in [0.25, 0.3) is 0 Å². The quantitative estimate of drug-likeness (QED) is 0.167. The van der Waals surface area contributed by atoms with Crippen LogP contribution in [0.2, 0.25) is 0 Å². The van der Waals surface area contributed by atoms with Crippen molar-refractivity contribution in [3.05, 3.63) is 187 Å². The molecule has 2 heterocycles. The third-order valence-electron chi connectivity index (χ3n) is 11.8. The van der Waals surface area contributed by atoms with Gasteiger partial charge >= 0.3 is 0 Å². The molecule has 1 nitrogen and oxygen atoms in total. The largest absolute Gasteiger partial charge is 0.456 e. The van der Waals surface area contributed by atoms with E-state index in [9.17, 15) is 0 Å². The van der Waals surface area contributed by atoms with Gasteiger partial charge in [-0.15, -0.1) is 11.3 Å². The van der Waals surface area contributed by atoms with E-state index in [0.29, 0.717) is 5.92 Å². The topological polar surface area (TPSA) is 13.1 Å². The molecule has 0 aliphatic heterocycles. The van der Waals surface area contributed by atoms with Gasteiger partial charge in [0.05, 0.1) is 0 Å². The maximum Gasteiger partial charge on any atom is 0.136 e. The molecule has 0 fully saturated rings. The molecule has 0 amide bonds. The van der Waals surface area contributed by atoms with Crippen molar-refractivity contribution < 1.29 is 4.42 Å². The normalized spacial score (nSPS) is 14.8. The van der Waals surface area contributed by atoms with Crippen molar-refractivity contribution in [3.63, 3.8) is 0 Å². The maximum absolute atomic E-state index is 6.29. The van der Waals surface area contributed by atoms with E-state index in [2.05, 4.69) is 170 Å². The number of benzene rings is 9. The molecule has 0 saturated carbocycles. The number of allylic oxidation sites excluding steroid dienone is 4. The molecule has 0 bridgehead atoms. The van der Waals surface area contributed by atoms with Crippen LogP contribution in [0.4, 0.5) is 0 Å². The fraction of sp³-hybridized carbons (Fsp3) is 0.0385. The van der Waals surface area contributed by atoms with E-state index in [0.717, 1.165) is 17.6 Å². The number of hydrogen-bond donors (Lipinski definition) is 0. The first-order valence-electron chi connectivity index (χ1n) is 18.8. The highest BCUT2D eigenvalue weighted by molar-refractivity contribution is 7.25. The molecule has 1 atom stereocenters. The summed E-state index contributed by atoms with van der Waals surface area (Å²) in [7, 11) is 0. The Hall–Kier alpha value is -6.48. The Morgan fingerprint density at radius 2 is 1.15 bits per heavy atom. The van der Waals surface area contributed by atoms with Crippen molar-refractivity contribution in [3.8, 4) is 11.1 Å². The minimum absolute atomic E-state index is 0.305. The summed E-state index contributed by atoms with van der Waals surface area (Å²) >= 11 is 1.88. The molecule has 1 aliphatic rings. The van der Waals surface area contributed by atoms with Crippen LogP contribution in [0.1, 0.15) is 23.5 Å². The number of rotatable bonds is 3. The lowest BCUT2D eigenvalue weighted by Crippen LogP contribution is -2.03. The Kier molecular flexibility index (Phi) is 6.40. The molecule has 0 saturated heterocycles. The lowest BCUT2D eigenvalue weighted by molar-refractivity contribution is 0.669. The van der Waals surface area contributed by atoms with E-state index in [1.54, 1.807) is 0 Å². The number of hydrogen-bond acceptors (Lipinski definition) is 2. The Labute approximate surface area is 315 Å². The summed E-state index contributed by atoms with van der Waals surface area (Å²) in [5.41, 5.74) is 8.55. The van der Waals surface area contributed by atoms with Gasteiger partial charge in [0.2, 0.25) is 0 Å². The Morgan fingerprint density at radius 3 is 1.96 bits per heavy atom. The molecule has 11 aromatic rings. The predicted molar refractivity (Wildman–Crippen MR) is 233 cm³/mol. The zero-order chi connectivity index (χ0) is 35.3. The predicted octanol–water partition coefficient (Wildman–Crippen LogP) is 15.4. The van der Waals surface area contributed by atoms with E-state index >= 15 is 0 Å². The van der Waals surface area contributed by atoms with Crippen molar-refractivity contribution in [2.45, 2.75) is 12.3 Å². The SMILES string of the molecule is C1=CC(c2cccc3ccccc23)CC(c2c3ccccc3c(-c3ccc4sc5cc6ccc7oc8ccccc8c7c6cc5c4c3)c3ccccc23)=C1. The average molecular weight is 705 g/mol. The van der Waals surface area contributed by atoms with Crippen LogP contribution in [0.3, 0.4) is 0 Å². The molecule has 9 aromatic carbocycles. The summed E-state index contributed by atoms with van der Waals surface area (Å²) in [4.78, 5) is 0. The van der Waals surface area contributed by atoms with Gasteiger partial charge in [-0.05, 0) is 114 Å². The second-order valence-corrected chi connectivity index (χ2v) is 15.8. The van der Waals surface area contributed by atoms with Crippen LogP contribution in [0, 0.1) is 0 Å². The molecule has 12 rings (SSSR count). The summed E-state index contributed by atoms with van der Waals surface area (Å²) in [6, 6.07) is 58.3. The highest BCUT2D eigenvalue weighted by atomic mass is 32.1. The van der Waals surface area contributed by atoms with Crippen LogP contribution in [0.15, 0.2) is 180 Å². The minimum atomic E-state index is 0.305. The molecular weight excluding hydrogens is 673 g/mol. The Morgan fingerprint density at radius 1 is 0.463 bits per heavy atom. The van der Waals surface area contributed by atoms with E-state index in [1.165, 1.54) is 102 Å². The second-order valence-electron chi connectivity index (χ2n) is 14.7. The minimum Gasteiger partial charge on any atom is -0.456 e. The van der Waals surface area contributed by atoms with Gasteiger partial charge in [0.15, 0.2) is 0 Å². The molecule has 0 spiro atoms. The van der Waals surface area contributed by atoms with Crippen LogP contribution in [-0.4, -0.2) is 0 Å². The zero-order valence-corrected chi connectivity index (χ0v) is 30.2. The number of fused-ring (bicyclic) bond motifs is 11. The van der Waals surface area contributed by atoms with Gasteiger partial charge in [-0.2, -0.15) is 0 Å². The van der Waals surface area contributed by atoms with E-state index in [4.69, 9.17) is 4.42 Å². The lowest BCUT2D eigenvalue weighted by Gasteiger charge is -2.24. The van der Waals surface area contributed by atoms with Gasteiger partial charge in [-0.3, -0.25) is 0 Å². The molecule has 1 unspecified atom stereocenters. The second kappa shape index (κ2) is 11.5. The smallest absolute Gasteiger partial charge is 0.136 e. The van der Waals surface area contributed by atoms with Crippen LogP contribution in [0.5, 0.6) is 0 Å². The molecule has 1 aliphatic carbocycles. The summed E-state index contributed by atoms with van der Waals surface area (Å²) in [6.07, 6.45) is 7.97. The first-order valence-corrected chi connectivity index (χ1v) is 19.6. The van der Waals surface area contributed by atoms with Crippen LogP contribution < -0.4 is 0 Å². The van der Waals surface area contributed by atoms with Crippen LogP contribution >= 0.6 is 11.3 Å². The molecule has 2 heteroatoms. The number of furan rings is 1. The highest BCUT2D eigenvalue weighted by Crippen LogP contribution is 2.47. The van der Waals surface area contributed by atoms with Gasteiger partial charge in [-0.25, -0.2) is 0 Å². The van der Waals surface area contributed by atoms with Crippen molar-refractivity contribution in [2.24, 2.45) is 0 Å². The van der Waals surface area contributed by atoms with Crippen LogP contribution in [-0.2, 0) is 0 Å². The zero-order valence-electron chi connectivity index (χ0n) is 29.3. The van der Waals surface area contributed by atoms with Gasteiger partial charge < -0.3 is 4.42 Å². The fourth-order valence-corrected chi connectivity index (χ4v) is 10.5. The molecule has 0 radical (unpaired) electrons. The van der Waals surface area contributed by atoms with E-state index < -0.39 is 0 Å². The standard InChI is InChI=1S/C52H32OS/c1-2-15-36-31(11-1)12-10-21-37(36)32-13-9-14-34(27-32)50-38-16-3-5-18-40(38)51(41-19-6-4-17-39(41)50)35-24-26-48-44(28-35)45-30-43-33(29-49(45)54-48)23-25-47-52(43)42-20-7-8-22-46(42)53-47/h1-26,28-30,32H,27H2. The third kappa shape index (κ3) is 4.38. The van der Waals surface area contributed by atoms with E-state index in [1.807, 2.05) is 17.4 Å². The van der Waals surface area contributed by atoms with Crippen molar-refractivity contribution in [1.29, 1.82) is 0 Å². The molecule has 54 heavy (non-hydrogen) atoms. The molecule has 0 N–H and O–H groups in total. The molecule has 2 aromatic heterocycles. The van der Waals surface area contributed by atoms with Crippen molar-refractivity contribution in [2.75, 3.05) is 0 Å². The lowest BCUT2D eigenvalue weighted by atomic mass is 9.79. The fourth-order valence-electron chi connectivity index (χ4n) is 9.41. The number of para-hydroxylation sites is 1. The Balaban J connectivity index is 1.06. The summed E-state index contributed by atoms with van der Waals surface area (Å²) < 4.78 is 8.91. The monoisotopic (exact) mass is 704 g/mol. The van der Waals surface area contributed by atoms with Gasteiger partial charge in [0.1, 0.15) is 11.2 Å².